The van der Waals surface area contributed by atoms with Crippen molar-refractivity contribution in [1.82, 2.24) is 15.6 Å². The largest absolute Gasteiger partial charge is 0.431 e. The van der Waals surface area contributed by atoms with Crippen molar-refractivity contribution in [2.75, 3.05) is 5.75 Å². The maximum Gasteiger partial charge on any atom is 0.257 e. The third-order valence-electron chi connectivity index (χ3n) is 5.79. The van der Waals surface area contributed by atoms with E-state index in [4.69, 9.17) is 4.42 Å². The summed E-state index contributed by atoms with van der Waals surface area (Å²) in [5.41, 5.74) is 1.54. The van der Waals surface area contributed by atoms with Gasteiger partial charge >= 0.3 is 0 Å². The average Bonchev–Trinajstić information content (AvgIpc) is 3.08. The minimum atomic E-state index is -0.0140. The fourth-order valence-corrected chi connectivity index (χ4v) is 5.12. The van der Waals surface area contributed by atoms with Crippen LogP contribution in [-0.4, -0.2) is 34.6 Å². The summed E-state index contributed by atoms with van der Waals surface area (Å²) in [6.07, 6.45) is 4.56. The molecule has 27 heavy (non-hydrogen) atoms. The number of fused-ring (bicyclic) bond motifs is 2. The van der Waals surface area contributed by atoms with Crippen molar-refractivity contribution in [2.24, 2.45) is 11.8 Å². The molecule has 2 heterocycles. The molecule has 4 rings (SSSR count). The number of hydrogen-bond acceptors (Lipinski definition) is 5. The van der Waals surface area contributed by atoms with Gasteiger partial charge in [-0.2, -0.15) is 0 Å². The lowest BCUT2D eigenvalue weighted by Crippen LogP contribution is -2.55. The fraction of sp³-hybridized carbons (Fsp3) is 0.550. The second kappa shape index (κ2) is 7.92. The van der Waals surface area contributed by atoms with Gasteiger partial charge in [-0.3, -0.25) is 9.59 Å². The molecule has 2 aromatic rings. The van der Waals surface area contributed by atoms with Gasteiger partial charge in [-0.05, 0) is 43.2 Å². The zero-order chi connectivity index (χ0) is 18.8. The Morgan fingerprint density at radius 1 is 1.37 bits per heavy atom. The highest BCUT2D eigenvalue weighted by molar-refractivity contribution is 7.99. The number of nitrogens with one attached hydrogen (secondary N) is 2. The van der Waals surface area contributed by atoms with Crippen LogP contribution in [0.2, 0.25) is 0 Å². The van der Waals surface area contributed by atoms with Crippen LogP contribution in [0.1, 0.15) is 39.0 Å². The van der Waals surface area contributed by atoms with Crippen LogP contribution >= 0.6 is 11.8 Å². The van der Waals surface area contributed by atoms with E-state index in [1.165, 1.54) is 11.8 Å². The minimum absolute atomic E-state index is 0.0140. The van der Waals surface area contributed by atoms with Crippen molar-refractivity contribution >= 4 is 34.7 Å². The SMILES string of the molecule is CCC1CC(=O)NC2CC(NC(=O)CSc3nc4ccccc4o3)CCC12. The fourth-order valence-electron chi connectivity index (χ4n) is 4.47. The molecular formula is C20H25N3O3S. The molecule has 144 valence electrons. The maximum atomic E-state index is 12.4. The lowest BCUT2D eigenvalue weighted by Gasteiger charge is -2.44. The normalized spacial score (nSPS) is 27.8. The van der Waals surface area contributed by atoms with Gasteiger partial charge in [0.15, 0.2) is 5.58 Å². The second-order valence-electron chi connectivity index (χ2n) is 7.52. The first kappa shape index (κ1) is 18.3. The number of benzene rings is 1. The quantitative estimate of drug-likeness (QED) is 0.770. The van der Waals surface area contributed by atoms with E-state index in [1.807, 2.05) is 24.3 Å². The molecule has 0 bridgehead atoms. The van der Waals surface area contributed by atoms with Crippen LogP contribution in [0.25, 0.3) is 11.1 Å². The van der Waals surface area contributed by atoms with Gasteiger partial charge in [0.05, 0.1) is 5.75 Å². The zero-order valence-corrected chi connectivity index (χ0v) is 16.3. The number of carbonyl (C=O) groups excluding carboxylic acids is 2. The topological polar surface area (TPSA) is 84.2 Å². The van der Waals surface area contributed by atoms with E-state index in [-0.39, 0.29) is 29.7 Å². The molecule has 0 spiro atoms. The van der Waals surface area contributed by atoms with Crippen LogP contribution in [0.4, 0.5) is 0 Å². The summed E-state index contributed by atoms with van der Waals surface area (Å²) in [5.74, 6) is 1.45. The molecule has 1 aromatic heterocycles. The molecule has 2 aliphatic rings. The third kappa shape index (κ3) is 4.13. The van der Waals surface area contributed by atoms with Crippen molar-refractivity contribution in [1.29, 1.82) is 0 Å². The number of aromatic nitrogens is 1. The van der Waals surface area contributed by atoms with Gasteiger partial charge < -0.3 is 15.1 Å². The van der Waals surface area contributed by atoms with Gasteiger partial charge in [0.2, 0.25) is 11.8 Å². The predicted octanol–water partition coefficient (Wildman–Crippen LogP) is 3.12. The number of nitrogens with zero attached hydrogens (tertiary/aromatic N) is 1. The van der Waals surface area contributed by atoms with Crippen LogP contribution in [0.5, 0.6) is 0 Å². The Hall–Kier alpha value is -2.02. The van der Waals surface area contributed by atoms with E-state index in [2.05, 4.69) is 22.5 Å². The number of hydrogen-bond donors (Lipinski definition) is 2. The monoisotopic (exact) mass is 387 g/mol. The Kier molecular flexibility index (Phi) is 5.38. The molecule has 1 saturated carbocycles. The lowest BCUT2D eigenvalue weighted by molar-refractivity contribution is -0.127. The summed E-state index contributed by atoms with van der Waals surface area (Å²) in [5, 5.41) is 6.78. The van der Waals surface area contributed by atoms with Gasteiger partial charge in [0.25, 0.3) is 5.22 Å². The van der Waals surface area contributed by atoms with Gasteiger partial charge in [0, 0.05) is 18.5 Å². The van der Waals surface area contributed by atoms with Crippen LogP contribution in [-0.2, 0) is 9.59 Å². The Balaban J connectivity index is 1.29. The molecule has 4 atom stereocenters. The Bertz CT molecular complexity index is 804. The Labute approximate surface area is 162 Å². The Morgan fingerprint density at radius 3 is 3.04 bits per heavy atom. The summed E-state index contributed by atoms with van der Waals surface area (Å²) in [7, 11) is 0. The van der Waals surface area contributed by atoms with Crippen molar-refractivity contribution in [3.05, 3.63) is 24.3 Å². The Morgan fingerprint density at radius 2 is 2.22 bits per heavy atom. The smallest absolute Gasteiger partial charge is 0.257 e. The number of carbonyl (C=O) groups is 2. The van der Waals surface area contributed by atoms with Gasteiger partial charge in [0.1, 0.15) is 5.52 Å². The molecule has 2 N–H and O–H groups in total. The molecule has 2 amide bonds. The van der Waals surface area contributed by atoms with E-state index in [9.17, 15) is 9.59 Å². The summed E-state index contributed by atoms with van der Waals surface area (Å²) in [6, 6.07) is 7.89. The first-order valence-electron chi connectivity index (χ1n) is 9.69. The number of rotatable bonds is 5. The molecule has 2 fully saturated rings. The minimum Gasteiger partial charge on any atom is -0.431 e. The van der Waals surface area contributed by atoms with Crippen LogP contribution in [0.3, 0.4) is 0 Å². The van der Waals surface area contributed by atoms with Crippen molar-refractivity contribution in [3.8, 4) is 0 Å². The average molecular weight is 388 g/mol. The lowest BCUT2D eigenvalue weighted by atomic mass is 9.70. The number of para-hydroxylation sites is 2. The molecule has 4 unspecified atom stereocenters. The van der Waals surface area contributed by atoms with E-state index in [1.54, 1.807) is 0 Å². The predicted molar refractivity (Wildman–Crippen MR) is 104 cm³/mol. The van der Waals surface area contributed by atoms with E-state index in [0.29, 0.717) is 23.5 Å². The molecule has 1 aliphatic carbocycles. The van der Waals surface area contributed by atoms with E-state index < -0.39 is 0 Å². The van der Waals surface area contributed by atoms with E-state index in [0.717, 1.165) is 36.8 Å². The first-order chi connectivity index (χ1) is 13.1. The number of amides is 2. The standard InChI is InChI=1S/C20H25N3O3S/c1-2-12-9-18(24)22-16-10-13(7-8-14(12)16)21-19(25)11-27-20-23-15-5-3-4-6-17(15)26-20/h3-6,12-14,16H,2,7-11H2,1H3,(H,21,25)(H,22,24). The summed E-state index contributed by atoms with van der Waals surface area (Å²) in [6.45, 7) is 2.16. The highest BCUT2D eigenvalue weighted by Crippen LogP contribution is 2.37. The van der Waals surface area contributed by atoms with Crippen LogP contribution < -0.4 is 10.6 Å². The first-order valence-corrected chi connectivity index (χ1v) is 10.7. The van der Waals surface area contributed by atoms with Crippen LogP contribution in [0, 0.1) is 11.8 Å². The maximum absolute atomic E-state index is 12.4. The van der Waals surface area contributed by atoms with Gasteiger partial charge in [-0.25, -0.2) is 4.98 Å². The van der Waals surface area contributed by atoms with Crippen molar-refractivity contribution in [3.63, 3.8) is 0 Å². The summed E-state index contributed by atoms with van der Waals surface area (Å²) in [4.78, 5) is 28.7. The zero-order valence-electron chi connectivity index (χ0n) is 15.4. The highest BCUT2D eigenvalue weighted by Gasteiger charge is 2.40. The number of oxazole rings is 1. The number of piperidine rings is 1. The second-order valence-corrected chi connectivity index (χ2v) is 8.45. The van der Waals surface area contributed by atoms with Crippen LogP contribution in [0.15, 0.2) is 33.9 Å². The molecule has 7 heteroatoms. The number of thioether (sulfide) groups is 1. The summed E-state index contributed by atoms with van der Waals surface area (Å²) >= 11 is 1.31. The molecule has 0 radical (unpaired) electrons. The molecular weight excluding hydrogens is 362 g/mol. The molecule has 1 aromatic carbocycles. The van der Waals surface area contributed by atoms with Crippen molar-refractivity contribution < 1.29 is 14.0 Å². The van der Waals surface area contributed by atoms with Crippen molar-refractivity contribution in [2.45, 2.75) is 56.3 Å². The van der Waals surface area contributed by atoms with Gasteiger partial charge in [-0.15, -0.1) is 0 Å². The molecule has 1 saturated heterocycles. The molecule has 1 aliphatic heterocycles. The highest BCUT2D eigenvalue weighted by atomic mass is 32.2. The van der Waals surface area contributed by atoms with E-state index >= 15 is 0 Å². The molecule has 6 nitrogen and oxygen atoms in total. The summed E-state index contributed by atoms with van der Waals surface area (Å²) < 4.78 is 5.64. The third-order valence-corrected chi connectivity index (χ3v) is 6.62. The van der Waals surface area contributed by atoms with Gasteiger partial charge in [-0.1, -0.05) is 37.2 Å².